The summed E-state index contributed by atoms with van der Waals surface area (Å²) in [4.78, 5) is 11.0. The van der Waals surface area contributed by atoms with Crippen molar-refractivity contribution in [3.05, 3.63) is 47.7 Å². The first-order valence-electron chi connectivity index (χ1n) is 8.69. The van der Waals surface area contributed by atoms with Crippen molar-refractivity contribution in [2.45, 2.75) is 17.7 Å². The maximum absolute atomic E-state index is 11.3. The van der Waals surface area contributed by atoms with E-state index in [0.717, 1.165) is 30.8 Å². The number of anilines is 2. The van der Waals surface area contributed by atoms with E-state index < -0.39 is 10.0 Å². The Morgan fingerprint density at radius 3 is 2.59 bits per heavy atom. The van der Waals surface area contributed by atoms with Crippen LogP contribution in [0.2, 0.25) is 0 Å². The second-order valence-electron chi connectivity index (χ2n) is 6.60. The minimum absolute atomic E-state index is 0.110. The molecular weight excluding hydrogens is 364 g/mol. The lowest BCUT2D eigenvalue weighted by atomic mass is 10.0. The average molecular weight is 388 g/mol. The third-order valence-electron chi connectivity index (χ3n) is 4.46. The first-order valence-corrected chi connectivity index (χ1v) is 10.2. The van der Waals surface area contributed by atoms with Crippen LogP contribution in [0.5, 0.6) is 0 Å². The van der Waals surface area contributed by atoms with Gasteiger partial charge in [-0.05, 0) is 43.2 Å². The van der Waals surface area contributed by atoms with E-state index in [1.165, 1.54) is 17.7 Å². The number of nitrogen functional groups attached to an aromatic ring is 1. The van der Waals surface area contributed by atoms with Crippen LogP contribution < -0.4 is 16.2 Å². The highest BCUT2D eigenvalue weighted by atomic mass is 32.2. The van der Waals surface area contributed by atoms with Crippen LogP contribution in [0.15, 0.2) is 41.3 Å². The minimum atomic E-state index is -3.66. The molecule has 0 radical (unpaired) electrons. The van der Waals surface area contributed by atoms with Gasteiger partial charge < -0.3 is 16.0 Å². The van der Waals surface area contributed by atoms with Crippen LogP contribution in [-0.4, -0.2) is 50.0 Å². The summed E-state index contributed by atoms with van der Waals surface area (Å²) in [5.41, 5.74) is 8.90. The molecule has 27 heavy (non-hydrogen) atoms. The summed E-state index contributed by atoms with van der Waals surface area (Å²) >= 11 is 0. The molecule has 1 aliphatic rings. The fourth-order valence-corrected chi connectivity index (χ4v) is 3.42. The molecule has 5 N–H and O–H groups in total. The van der Waals surface area contributed by atoms with Crippen molar-refractivity contribution in [1.29, 1.82) is 0 Å². The van der Waals surface area contributed by atoms with Gasteiger partial charge in [0.1, 0.15) is 5.82 Å². The summed E-state index contributed by atoms with van der Waals surface area (Å²) in [6, 6.07) is 8.45. The van der Waals surface area contributed by atoms with Gasteiger partial charge in [-0.3, -0.25) is 0 Å². The molecule has 0 amide bonds. The number of hydrogen-bond acceptors (Lipinski definition) is 7. The topological polar surface area (TPSA) is 127 Å². The van der Waals surface area contributed by atoms with Crippen molar-refractivity contribution in [1.82, 2.24) is 14.9 Å². The molecule has 8 nitrogen and oxygen atoms in total. The van der Waals surface area contributed by atoms with E-state index in [1.807, 2.05) is 6.07 Å². The van der Waals surface area contributed by atoms with E-state index in [9.17, 15) is 8.42 Å². The van der Waals surface area contributed by atoms with Crippen LogP contribution in [0.3, 0.4) is 0 Å². The first kappa shape index (κ1) is 19.3. The quantitative estimate of drug-likeness (QED) is 0.675. The number of sulfonamides is 1. The van der Waals surface area contributed by atoms with Gasteiger partial charge in [-0.2, -0.15) is 4.98 Å². The van der Waals surface area contributed by atoms with Crippen molar-refractivity contribution < 1.29 is 8.42 Å². The molecule has 0 unspecified atom stereocenters. The maximum Gasteiger partial charge on any atom is 0.238 e. The predicted octanol–water partition coefficient (Wildman–Crippen LogP) is 1.08. The molecule has 9 heteroatoms. The van der Waals surface area contributed by atoms with Crippen LogP contribution in [-0.2, 0) is 16.4 Å². The molecule has 0 fully saturated rings. The molecule has 0 spiro atoms. The van der Waals surface area contributed by atoms with Crippen molar-refractivity contribution >= 4 is 27.4 Å². The number of nitrogens with one attached hydrogen (secondary N) is 1. The highest BCUT2D eigenvalue weighted by Crippen LogP contribution is 2.22. The SMILES string of the molecule is CN1CC=C(c2cc(NCCc3ccc(S(N)(=O)=O)cc3)nc(N)n2)CC1. The maximum atomic E-state index is 11.3. The zero-order valence-corrected chi connectivity index (χ0v) is 16.0. The normalized spacial score (nSPS) is 15.4. The lowest BCUT2D eigenvalue weighted by Gasteiger charge is -2.21. The van der Waals surface area contributed by atoms with Crippen molar-refractivity contribution in [3.8, 4) is 0 Å². The van der Waals surface area contributed by atoms with Crippen molar-refractivity contribution in [3.63, 3.8) is 0 Å². The number of rotatable bonds is 6. The zero-order valence-electron chi connectivity index (χ0n) is 15.2. The molecule has 144 valence electrons. The third kappa shape index (κ3) is 5.25. The van der Waals surface area contributed by atoms with Crippen LogP contribution in [0.25, 0.3) is 5.57 Å². The number of primary sulfonamides is 1. The molecule has 0 saturated carbocycles. The third-order valence-corrected chi connectivity index (χ3v) is 5.39. The number of nitrogens with zero attached hydrogens (tertiary/aromatic N) is 3. The fourth-order valence-electron chi connectivity index (χ4n) is 2.90. The van der Waals surface area contributed by atoms with Crippen molar-refractivity contribution in [2.75, 3.05) is 37.7 Å². The largest absolute Gasteiger partial charge is 0.370 e. The van der Waals surface area contributed by atoms with Gasteiger partial charge in [-0.25, -0.2) is 18.5 Å². The summed E-state index contributed by atoms with van der Waals surface area (Å²) < 4.78 is 22.6. The molecule has 0 aliphatic carbocycles. The molecule has 1 aromatic carbocycles. The Bertz CT molecular complexity index is 941. The number of benzene rings is 1. The standard InChI is InChI=1S/C18H24N6O2S/c1-24-10-7-14(8-11-24)16-12-17(23-18(19)22-16)21-9-6-13-2-4-15(5-3-13)27(20,25)26/h2-5,7,12H,6,8-11H2,1H3,(H2,20,25,26)(H3,19,21,22,23). The smallest absolute Gasteiger partial charge is 0.238 e. The molecular formula is C18H24N6O2S. The molecule has 2 heterocycles. The fraction of sp³-hybridized carbons (Fsp3) is 0.333. The number of likely N-dealkylation sites (N-methyl/N-ethyl adjacent to an activating group) is 1. The molecule has 1 aliphatic heterocycles. The van der Waals surface area contributed by atoms with Gasteiger partial charge in [-0.1, -0.05) is 18.2 Å². The Morgan fingerprint density at radius 1 is 1.22 bits per heavy atom. The summed E-state index contributed by atoms with van der Waals surface area (Å²) in [6.07, 6.45) is 3.81. The predicted molar refractivity (Wildman–Crippen MR) is 107 cm³/mol. The molecule has 0 bridgehead atoms. The van der Waals surface area contributed by atoms with Gasteiger partial charge in [0, 0.05) is 25.7 Å². The molecule has 2 aromatic rings. The number of aromatic nitrogens is 2. The molecule has 0 saturated heterocycles. The second-order valence-corrected chi connectivity index (χ2v) is 8.17. The van der Waals surface area contributed by atoms with E-state index >= 15 is 0 Å². The summed E-state index contributed by atoms with van der Waals surface area (Å²) in [6.45, 7) is 2.52. The van der Waals surface area contributed by atoms with Gasteiger partial charge in [0.05, 0.1) is 10.6 Å². The number of nitrogens with two attached hydrogens (primary N) is 2. The Labute approximate surface area is 159 Å². The Balaban J connectivity index is 1.63. The minimum Gasteiger partial charge on any atom is -0.370 e. The lowest BCUT2D eigenvalue weighted by Crippen LogP contribution is -2.24. The van der Waals surface area contributed by atoms with Gasteiger partial charge in [0.25, 0.3) is 0 Å². The van der Waals surface area contributed by atoms with Crippen LogP contribution in [0.1, 0.15) is 17.7 Å². The molecule has 1 aromatic heterocycles. The Hall–Kier alpha value is -2.49. The number of hydrogen-bond donors (Lipinski definition) is 3. The van der Waals surface area contributed by atoms with Crippen LogP contribution in [0.4, 0.5) is 11.8 Å². The van der Waals surface area contributed by atoms with E-state index in [0.29, 0.717) is 18.8 Å². The second kappa shape index (κ2) is 8.03. The van der Waals surface area contributed by atoms with E-state index in [1.54, 1.807) is 12.1 Å². The Kier molecular flexibility index (Phi) is 5.73. The van der Waals surface area contributed by atoms with Gasteiger partial charge in [0.2, 0.25) is 16.0 Å². The highest BCUT2D eigenvalue weighted by molar-refractivity contribution is 7.89. The zero-order chi connectivity index (χ0) is 19.4. The summed E-state index contributed by atoms with van der Waals surface area (Å²) in [5.74, 6) is 0.922. The summed E-state index contributed by atoms with van der Waals surface area (Å²) in [5, 5.41) is 8.36. The van der Waals surface area contributed by atoms with Crippen LogP contribution in [0, 0.1) is 0 Å². The van der Waals surface area contributed by atoms with E-state index in [2.05, 4.69) is 33.3 Å². The van der Waals surface area contributed by atoms with Gasteiger partial charge in [0.15, 0.2) is 0 Å². The molecule has 3 rings (SSSR count). The van der Waals surface area contributed by atoms with E-state index in [-0.39, 0.29) is 10.8 Å². The van der Waals surface area contributed by atoms with E-state index in [4.69, 9.17) is 10.9 Å². The monoisotopic (exact) mass is 388 g/mol. The average Bonchev–Trinajstić information content (AvgIpc) is 2.61. The Morgan fingerprint density at radius 2 is 1.96 bits per heavy atom. The van der Waals surface area contributed by atoms with Crippen molar-refractivity contribution in [2.24, 2.45) is 5.14 Å². The summed E-state index contributed by atoms with van der Waals surface area (Å²) in [7, 11) is -1.57. The highest BCUT2D eigenvalue weighted by Gasteiger charge is 2.13. The molecule has 0 atom stereocenters. The first-order chi connectivity index (χ1) is 12.8. The lowest BCUT2D eigenvalue weighted by molar-refractivity contribution is 0.370. The van der Waals surface area contributed by atoms with Gasteiger partial charge >= 0.3 is 0 Å². The van der Waals surface area contributed by atoms with Crippen LogP contribution >= 0.6 is 0 Å². The van der Waals surface area contributed by atoms with Gasteiger partial charge in [-0.15, -0.1) is 0 Å².